The number of anilines is 1. The molecule has 1 amide bonds. The average molecular weight is 398 g/mol. The third-order valence-corrected chi connectivity index (χ3v) is 4.90. The Hall–Kier alpha value is -1.70. The van der Waals surface area contributed by atoms with Gasteiger partial charge >= 0.3 is 0 Å². The standard InChI is InChI=1S/C16H21BrFN5O/c1-16(2,3)15(24)22-6-4-5-9(8-22)14-21-12(17)11-13(19)20-7-10(18)23(11)14/h7,9H,4-6,8H2,1-3H3,(H2,19,20). The highest BCUT2D eigenvalue weighted by atomic mass is 79.9. The molecule has 2 aromatic rings. The summed E-state index contributed by atoms with van der Waals surface area (Å²) in [6.45, 7) is 6.98. The molecule has 0 spiro atoms. The first-order chi connectivity index (χ1) is 11.2. The van der Waals surface area contributed by atoms with Crippen molar-refractivity contribution in [2.75, 3.05) is 18.8 Å². The van der Waals surface area contributed by atoms with Crippen molar-refractivity contribution in [3.05, 3.63) is 22.6 Å². The summed E-state index contributed by atoms with van der Waals surface area (Å²) in [4.78, 5) is 22.7. The van der Waals surface area contributed by atoms with Crippen LogP contribution in [0, 0.1) is 11.4 Å². The summed E-state index contributed by atoms with van der Waals surface area (Å²) in [6.07, 6.45) is 2.81. The highest BCUT2D eigenvalue weighted by Crippen LogP contribution is 2.33. The molecule has 130 valence electrons. The SMILES string of the molecule is CC(C)(C)C(=O)N1CCCC(c2nc(Br)c3c(N)ncc(F)n23)C1. The summed E-state index contributed by atoms with van der Waals surface area (Å²) >= 11 is 3.35. The number of likely N-dealkylation sites (tertiary alicyclic amines) is 1. The largest absolute Gasteiger partial charge is 0.382 e. The fourth-order valence-electron chi connectivity index (χ4n) is 3.21. The molecule has 0 radical (unpaired) electrons. The zero-order valence-corrected chi connectivity index (χ0v) is 15.6. The molecule has 2 N–H and O–H groups in total. The van der Waals surface area contributed by atoms with Crippen LogP contribution >= 0.6 is 15.9 Å². The number of carbonyl (C=O) groups is 1. The number of carbonyl (C=O) groups excluding carboxylic acids is 1. The van der Waals surface area contributed by atoms with Crippen LogP contribution in [0.1, 0.15) is 45.4 Å². The van der Waals surface area contributed by atoms with Gasteiger partial charge in [0, 0.05) is 24.4 Å². The molecule has 24 heavy (non-hydrogen) atoms. The minimum absolute atomic E-state index is 0.0415. The molecule has 3 heterocycles. The number of nitrogens with zero attached hydrogens (tertiary/aromatic N) is 4. The van der Waals surface area contributed by atoms with E-state index in [1.54, 1.807) is 0 Å². The smallest absolute Gasteiger partial charge is 0.227 e. The van der Waals surface area contributed by atoms with Gasteiger partial charge in [0.05, 0.1) is 6.20 Å². The Morgan fingerprint density at radius 3 is 2.83 bits per heavy atom. The zero-order chi connectivity index (χ0) is 17.6. The molecule has 1 atom stereocenters. The molecule has 1 unspecified atom stereocenters. The number of hydrogen-bond donors (Lipinski definition) is 1. The van der Waals surface area contributed by atoms with Crippen molar-refractivity contribution >= 4 is 33.2 Å². The van der Waals surface area contributed by atoms with Crippen molar-refractivity contribution < 1.29 is 9.18 Å². The number of fused-ring (bicyclic) bond motifs is 1. The highest BCUT2D eigenvalue weighted by Gasteiger charge is 2.33. The van der Waals surface area contributed by atoms with Gasteiger partial charge in [0.1, 0.15) is 15.9 Å². The van der Waals surface area contributed by atoms with E-state index in [0.717, 1.165) is 25.6 Å². The lowest BCUT2D eigenvalue weighted by atomic mass is 9.91. The number of amides is 1. The van der Waals surface area contributed by atoms with Crippen LogP contribution in [0.25, 0.3) is 5.52 Å². The molecular weight excluding hydrogens is 377 g/mol. The van der Waals surface area contributed by atoms with E-state index in [1.165, 1.54) is 4.40 Å². The topological polar surface area (TPSA) is 76.5 Å². The first kappa shape index (κ1) is 17.1. The molecule has 2 aromatic heterocycles. The van der Waals surface area contributed by atoms with Crippen LogP contribution in [0.3, 0.4) is 0 Å². The normalized spacial score (nSPS) is 19.0. The molecule has 0 aromatic carbocycles. The Balaban J connectivity index is 1.99. The van der Waals surface area contributed by atoms with E-state index in [9.17, 15) is 9.18 Å². The Bertz CT molecular complexity index is 798. The molecule has 1 aliphatic heterocycles. The van der Waals surface area contributed by atoms with Gasteiger partial charge in [-0.05, 0) is 28.8 Å². The van der Waals surface area contributed by atoms with Crippen molar-refractivity contribution in [1.29, 1.82) is 0 Å². The number of imidazole rings is 1. The van der Waals surface area contributed by atoms with Crippen LogP contribution in [-0.4, -0.2) is 38.3 Å². The maximum atomic E-state index is 14.3. The van der Waals surface area contributed by atoms with Gasteiger partial charge in [0.2, 0.25) is 11.9 Å². The van der Waals surface area contributed by atoms with E-state index >= 15 is 0 Å². The molecular formula is C16H21BrFN5O. The molecule has 3 rings (SSSR count). The predicted molar refractivity (Wildman–Crippen MR) is 93.1 cm³/mol. The number of piperidine rings is 1. The van der Waals surface area contributed by atoms with Gasteiger partial charge < -0.3 is 10.6 Å². The number of rotatable bonds is 1. The Morgan fingerprint density at radius 2 is 2.17 bits per heavy atom. The molecule has 0 aliphatic carbocycles. The van der Waals surface area contributed by atoms with Crippen LogP contribution in [0.2, 0.25) is 0 Å². The summed E-state index contributed by atoms with van der Waals surface area (Å²) < 4.78 is 16.2. The summed E-state index contributed by atoms with van der Waals surface area (Å²) in [5, 5.41) is 0. The zero-order valence-electron chi connectivity index (χ0n) is 14.0. The summed E-state index contributed by atoms with van der Waals surface area (Å²) in [5.41, 5.74) is 5.87. The lowest BCUT2D eigenvalue weighted by Crippen LogP contribution is -2.44. The minimum Gasteiger partial charge on any atom is -0.382 e. The van der Waals surface area contributed by atoms with E-state index in [-0.39, 0.29) is 17.6 Å². The Labute approximate surface area is 148 Å². The van der Waals surface area contributed by atoms with Crippen molar-refractivity contribution in [3.8, 4) is 0 Å². The van der Waals surface area contributed by atoms with E-state index in [4.69, 9.17) is 5.73 Å². The molecule has 1 aliphatic rings. The van der Waals surface area contributed by atoms with Crippen LogP contribution in [0.4, 0.5) is 10.2 Å². The predicted octanol–water partition coefficient (Wildman–Crippen LogP) is 2.97. The molecule has 1 saturated heterocycles. The average Bonchev–Trinajstić information content (AvgIpc) is 2.88. The molecule has 1 fully saturated rings. The first-order valence-corrected chi connectivity index (χ1v) is 8.76. The van der Waals surface area contributed by atoms with Crippen molar-refractivity contribution in [3.63, 3.8) is 0 Å². The second-order valence-electron chi connectivity index (χ2n) is 7.25. The van der Waals surface area contributed by atoms with Gasteiger partial charge in [-0.2, -0.15) is 4.39 Å². The van der Waals surface area contributed by atoms with Crippen LogP contribution < -0.4 is 5.73 Å². The van der Waals surface area contributed by atoms with Crippen LogP contribution in [0.5, 0.6) is 0 Å². The molecule has 8 heteroatoms. The number of nitrogen functional groups attached to an aromatic ring is 1. The molecule has 6 nitrogen and oxygen atoms in total. The lowest BCUT2D eigenvalue weighted by molar-refractivity contribution is -0.140. The first-order valence-electron chi connectivity index (χ1n) is 7.97. The van der Waals surface area contributed by atoms with Gasteiger partial charge in [-0.25, -0.2) is 9.97 Å². The summed E-state index contributed by atoms with van der Waals surface area (Å²) in [6, 6.07) is 0. The number of hydrogen-bond acceptors (Lipinski definition) is 4. The second kappa shape index (κ2) is 5.98. The maximum Gasteiger partial charge on any atom is 0.227 e. The van der Waals surface area contributed by atoms with Crippen LogP contribution in [0.15, 0.2) is 10.8 Å². The van der Waals surface area contributed by atoms with E-state index < -0.39 is 11.4 Å². The van der Waals surface area contributed by atoms with Gasteiger partial charge in [0.15, 0.2) is 5.82 Å². The van der Waals surface area contributed by atoms with Gasteiger partial charge in [0.25, 0.3) is 0 Å². The van der Waals surface area contributed by atoms with Gasteiger partial charge in [-0.15, -0.1) is 0 Å². The van der Waals surface area contributed by atoms with Crippen molar-refractivity contribution in [2.45, 2.75) is 39.5 Å². The molecule has 0 bridgehead atoms. The number of halogens is 2. The Morgan fingerprint density at radius 1 is 1.46 bits per heavy atom. The minimum atomic E-state index is -0.508. The summed E-state index contributed by atoms with van der Waals surface area (Å²) in [5.74, 6) is 0.357. The quantitative estimate of drug-likeness (QED) is 0.802. The lowest BCUT2D eigenvalue weighted by Gasteiger charge is -2.36. The Kier molecular flexibility index (Phi) is 4.27. The third-order valence-electron chi connectivity index (χ3n) is 4.34. The van der Waals surface area contributed by atoms with Crippen LogP contribution in [-0.2, 0) is 4.79 Å². The molecule has 0 saturated carbocycles. The van der Waals surface area contributed by atoms with E-state index in [0.29, 0.717) is 22.5 Å². The van der Waals surface area contributed by atoms with Crippen molar-refractivity contribution in [1.82, 2.24) is 19.3 Å². The highest BCUT2D eigenvalue weighted by molar-refractivity contribution is 9.10. The summed E-state index contributed by atoms with van der Waals surface area (Å²) in [7, 11) is 0. The fraction of sp³-hybridized carbons (Fsp3) is 0.562. The monoisotopic (exact) mass is 397 g/mol. The van der Waals surface area contributed by atoms with E-state index in [2.05, 4.69) is 25.9 Å². The number of aromatic nitrogens is 3. The van der Waals surface area contributed by atoms with Gasteiger partial charge in [-0.1, -0.05) is 20.8 Å². The number of nitrogens with two attached hydrogens (primary N) is 1. The third kappa shape index (κ3) is 2.87. The van der Waals surface area contributed by atoms with Crippen molar-refractivity contribution in [2.24, 2.45) is 5.41 Å². The fourth-order valence-corrected chi connectivity index (χ4v) is 3.77. The maximum absolute atomic E-state index is 14.3. The second-order valence-corrected chi connectivity index (χ2v) is 8.00. The van der Waals surface area contributed by atoms with Gasteiger partial charge in [-0.3, -0.25) is 9.20 Å². The van der Waals surface area contributed by atoms with E-state index in [1.807, 2.05) is 25.7 Å².